The van der Waals surface area contributed by atoms with Crippen LogP contribution in [0.2, 0.25) is 0 Å². The van der Waals surface area contributed by atoms with Gasteiger partial charge in [-0.2, -0.15) is 0 Å². The van der Waals surface area contributed by atoms with Gasteiger partial charge in [-0.15, -0.1) is 0 Å². The molecule has 1 unspecified atom stereocenters. The molecule has 1 aliphatic carbocycles. The van der Waals surface area contributed by atoms with E-state index in [1.807, 2.05) is 24.9 Å². The van der Waals surface area contributed by atoms with Crippen LogP contribution in [0, 0.1) is 11.8 Å². The highest BCUT2D eigenvalue weighted by Gasteiger charge is 2.47. The van der Waals surface area contributed by atoms with Gasteiger partial charge in [0.2, 0.25) is 11.8 Å². The lowest BCUT2D eigenvalue weighted by Crippen LogP contribution is -2.62. The summed E-state index contributed by atoms with van der Waals surface area (Å²) >= 11 is 0. The molecule has 0 radical (unpaired) electrons. The fourth-order valence-corrected chi connectivity index (χ4v) is 4.39. The van der Waals surface area contributed by atoms with E-state index in [4.69, 9.17) is 11.5 Å². The van der Waals surface area contributed by atoms with Gasteiger partial charge in [-0.05, 0) is 50.9 Å². The Hall–Kier alpha value is -2.15. The summed E-state index contributed by atoms with van der Waals surface area (Å²) in [5, 5.41) is 3.01. The van der Waals surface area contributed by atoms with Crippen molar-refractivity contribution >= 4 is 17.6 Å². The number of pyridine rings is 1. The van der Waals surface area contributed by atoms with Gasteiger partial charge in [-0.1, -0.05) is 45.1 Å². The van der Waals surface area contributed by atoms with E-state index in [1.54, 1.807) is 12.3 Å². The number of nitrogens with one attached hydrogen (secondary N) is 1. The number of primary amides is 1. The SMILES string of the molecule is CCCN(C)C(C)(C(N)=O)[C@H](CC1CCCCC1)C(=O)NCc1ccc(N)nc1. The average Bonchev–Trinajstić information content (AvgIpc) is 2.71. The van der Waals surface area contributed by atoms with Gasteiger partial charge in [0.05, 0.1) is 5.92 Å². The molecule has 1 saturated carbocycles. The summed E-state index contributed by atoms with van der Waals surface area (Å²) in [6, 6.07) is 3.55. The third kappa shape index (κ3) is 5.92. The maximum absolute atomic E-state index is 13.3. The zero-order valence-electron chi connectivity index (χ0n) is 18.1. The van der Waals surface area contributed by atoms with Gasteiger partial charge >= 0.3 is 0 Å². The number of carbonyl (C=O) groups is 2. The fourth-order valence-electron chi connectivity index (χ4n) is 4.39. The Kier molecular flexibility index (Phi) is 8.44. The molecule has 29 heavy (non-hydrogen) atoms. The van der Waals surface area contributed by atoms with Crippen molar-refractivity contribution in [1.82, 2.24) is 15.2 Å². The van der Waals surface area contributed by atoms with E-state index >= 15 is 0 Å². The van der Waals surface area contributed by atoms with Gasteiger partial charge < -0.3 is 16.8 Å². The van der Waals surface area contributed by atoms with Crippen molar-refractivity contribution in [2.75, 3.05) is 19.3 Å². The Balaban J connectivity index is 2.22. The molecule has 2 rings (SSSR count). The second kappa shape index (κ2) is 10.6. The number of nitrogens with two attached hydrogens (primary N) is 2. The Morgan fingerprint density at radius 2 is 2.00 bits per heavy atom. The smallest absolute Gasteiger partial charge is 0.238 e. The van der Waals surface area contributed by atoms with Crippen LogP contribution in [-0.2, 0) is 16.1 Å². The summed E-state index contributed by atoms with van der Waals surface area (Å²) in [5.41, 5.74) is 11.4. The molecule has 2 atom stereocenters. The molecule has 0 bridgehead atoms. The van der Waals surface area contributed by atoms with E-state index in [0.29, 0.717) is 31.2 Å². The first-order valence-corrected chi connectivity index (χ1v) is 10.8. The summed E-state index contributed by atoms with van der Waals surface area (Å²) in [6.07, 6.45) is 9.06. The van der Waals surface area contributed by atoms with E-state index in [9.17, 15) is 9.59 Å². The van der Waals surface area contributed by atoms with Crippen LogP contribution in [0.25, 0.3) is 0 Å². The molecule has 1 fully saturated rings. The van der Waals surface area contributed by atoms with Crippen molar-refractivity contribution in [2.24, 2.45) is 17.6 Å². The molecule has 1 aromatic heterocycles. The van der Waals surface area contributed by atoms with Crippen molar-refractivity contribution in [1.29, 1.82) is 0 Å². The number of anilines is 1. The maximum atomic E-state index is 13.3. The van der Waals surface area contributed by atoms with Crippen LogP contribution in [-0.4, -0.2) is 40.8 Å². The second-order valence-corrected chi connectivity index (χ2v) is 8.53. The molecule has 5 N–H and O–H groups in total. The van der Waals surface area contributed by atoms with Crippen LogP contribution in [0.5, 0.6) is 0 Å². The lowest BCUT2D eigenvalue weighted by atomic mass is 9.73. The zero-order chi connectivity index (χ0) is 21.4. The summed E-state index contributed by atoms with van der Waals surface area (Å²) in [7, 11) is 1.89. The first-order chi connectivity index (χ1) is 13.8. The quantitative estimate of drug-likeness (QED) is 0.555. The Bertz CT molecular complexity index is 672. The number of hydrogen-bond donors (Lipinski definition) is 3. The van der Waals surface area contributed by atoms with Crippen LogP contribution in [0.15, 0.2) is 18.3 Å². The van der Waals surface area contributed by atoms with Gasteiger partial charge in [-0.25, -0.2) is 4.98 Å². The molecular formula is C22H37N5O2. The number of amides is 2. The first kappa shape index (κ1) is 23.1. The number of hydrogen-bond acceptors (Lipinski definition) is 5. The Morgan fingerprint density at radius 3 is 2.55 bits per heavy atom. The van der Waals surface area contributed by atoms with Crippen LogP contribution in [0.3, 0.4) is 0 Å². The third-order valence-corrected chi connectivity index (χ3v) is 6.45. The topological polar surface area (TPSA) is 114 Å². The molecule has 0 spiro atoms. The lowest BCUT2D eigenvalue weighted by Gasteiger charge is -2.43. The normalized spacial score (nSPS) is 18.2. The number of rotatable bonds is 10. The van der Waals surface area contributed by atoms with Crippen LogP contribution in [0.4, 0.5) is 5.82 Å². The number of aromatic nitrogens is 1. The van der Waals surface area contributed by atoms with Gasteiger partial charge in [-0.3, -0.25) is 14.5 Å². The first-order valence-electron chi connectivity index (χ1n) is 10.8. The van der Waals surface area contributed by atoms with Gasteiger partial charge in [0.1, 0.15) is 11.4 Å². The van der Waals surface area contributed by atoms with Crippen LogP contribution >= 0.6 is 0 Å². The second-order valence-electron chi connectivity index (χ2n) is 8.53. The highest BCUT2D eigenvalue weighted by molar-refractivity contribution is 5.92. The molecule has 162 valence electrons. The number of nitrogens with zero attached hydrogens (tertiary/aromatic N) is 2. The van der Waals surface area contributed by atoms with Gasteiger partial charge in [0.25, 0.3) is 0 Å². The lowest BCUT2D eigenvalue weighted by molar-refractivity contribution is -0.142. The monoisotopic (exact) mass is 403 g/mol. The molecule has 0 saturated heterocycles. The average molecular weight is 404 g/mol. The predicted molar refractivity (Wildman–Crippen MR) is 116 cm³/mol. The van der Waals surface area contributed by atoms with Crippen molar-refractivity contribution in [2.45, 2.75) is 70.9 Å². The molecular weight excluding hydrogens is 366 g/mol. The Morgan fingerprint density at radius 1 is 1.31 bits per heavy atom. The number of carbonyl (C=O) groups excluding carboxylic acids is 2. The molecule has 2 amide bonds. The van der Waals surface area contributed by atoms with Crippen LogP contribution < -0.4 is 16.8 Å². The van der Waals surface area contributed by atoms with Crippen molar-refractivity contribution < 1.29 is 9.59 Å². The molecule has 1 heterocycles. The van der Waals surface area contributed by atoms with Gasteiger partial charge in [0.15, 0.2) is 0 Å². The summed E-state index contributed by atoms with van der Waals surface area (Å²) in [4.78, 5) is 32.0. The van der Waals surface area contributed by atoms with E-state index in [0.717, 1.165) is 24.8 Å². The number of likely N-dealkylation sites (N-methyl/N-ethyl adjacent to an activating group) is 1. The molecule has 7 heteroatoms. The third-order valence-electron chi connectivity index (χ3n) is 6.45. The molecule has 7 nitrogen and oxygen atoms in total. The van der Waals surface area contributed by atoms with E-state index in [2.05, 4.69) is 17.2 Å². The standard InChI is InChI=1S/C22H37N5O2/c1-4-12-27(3)22(2,21(24)29)18(13-16-8-6-5-7-9-16)20(28)26-15-17-10-11-19(23)25-14-17/h10-11,14,16,18H,4-9,12-13,15H2,1-3H3,(H2,23,25)(H2,24,29)(H,26,28)/t18-,22?/m1/s1. The van der Waals surface area contributed by atoms with E-state index in [-0.39, 0.29) is 5.91 Å². The molecule has 0 aliphatic heterocycles. The minimum atomic E-state index is -1.03. The molecule has 1 aromatic rings. The minimum absolute atomic E-state index is 0.128. The number of nitrogen functional groups attached to an aromatic ring is 1. The highest BCUT2D eigenvalue weighted by atomic mass is 16.2. The van der Waals surface area contributed by atoms with Crippen molar-refractivity contribution in [3.8, 4) is 0 Å². The largest absolute Gasteiger partial charge is 0.384 e. The zero-order valence-corrected chi connectivity index (χ0v) is 18.1. The van der Waals surface area contributed by atoms with Crippen molar-refractivity contribution in [3.05, 3.63) is 23.9 Å². The molecule has 1 aliphatic rings. The van der Waals surface area contributed by atoms with Gasteiger partial charge in [0, 0.05) is 12.7 Å². The maximum Gasteiger partial charge on any atom is 0.238 e. The fraction of sp³-hybridized carbons (Fsp3) is 0.682. The summed E-state index contributed by atoms with van der Waals surface area (Å²) in [6.45, 7) is 4.93. The molecule has 0 aromatic carbocycles. The van der Waals surface area contributed by atoms with E-state index < -0.39 is 17.4 Å². The van der Waals surface area contributed by atoms with E-state index in [1.165, 1.54) is 19.3 Å². The summed E-state index contributed by atoms with van der Waals surface area (Å²) < 4.78 is 0. The minimum Gasteiger partial charge on any atom is -0.384 e. The van der Waals surface area contributed by atoms with Crippen molar-refractivity contribution in [3.63, 3.8) is 0 Å². The summed E-state index contributed by atoms with van der Waals surface area (Å²) in [5.74, 6) is -0.180. The Labute approximate surface area is 174 Å². The van der Waals surface area contributed by atoms with Crippen LogP contribution in [0.1, 0.15) is 64.4 Å². The highest BCUT2D eigenvalue weighted by Crippen LogP contribution is 2.35. The predicted octanol–water partition coefficient (Wildman–Crippen LogP) is 2.45.